The third-order valence-corrected chi connectivity index (χ3v) is 1.98. The van der Waals surface area contributed by atoms with Crippen LogP contribution in [-0.4, -0.2) is 43.2 Å². The maximum absolute atomic E-state index is 11.3. The Morgan fingerprint density at radius 2 is 2.06 bits per heavy atom. The molecule has 102 valence electrons. The zero-order chi connectivity index (χ0) is 14.0. The number of rotatable bonds is 8. The van der Waals surface area contributed by atoms with Gasteiger partial charge >= 0.3 is 0 Å². The molecule has 0 spiro atoms. The summed E-state index contributed by atoms with van der Waals surface area (Å²) in [5, 5.41) is 4.81. The van der Waals surface area contributed by atoms with E-state index in [9.17, 15) is 14.4 Å². The monoisotopic (exact) mass is 257 g/mol. The normalized spacial score (nSPS) is 11.2. The molecule has 0 saturated carbocycles. The predicted molar refractivity (Wildman–Crippen MR) is 66.6 cm³/mol. The molecule has 8 nitrogen and oxygen atoms in total. The Morgan fingerprint density at radius 1 is 1.39 bits per heavy atom. The van der Waals surface area contributed by atoms with Gasteiger partial charge in [-0.3, -0.25) is 14.6 Å². The molecular formula is C10H19N5O3. The van der Waals surface area contributed by atoms with E-state index in [1.807, 2.05) is 0 Å². The number of hydrogen-bond acceptors (Lipinski definition) is 4. The van der Waals surface area contributed by atoms with Gasteiger partial charge in [-0.25, -0.2) is 0 Å². The fourth-order valence-electron chi connectivity index (χ4n) is 1.16. The minimum absolute atomic E-state index is 0.00709. The van der Waals surface area contributed by atoms with Crippen molar-refractivity contribution in [2.45, 2.75) is 25.8 Å². The molecule has 0 aliphatic heterocycles. The highest BCUT2D eigenvalue weighted by atomic mass is 16.2. The minimum atomic E-state index is -0.597. The molecule has 0 aromatic heterocycles. The Labute approximate surface area is 105 Å². The summed E-state index contributed by atoms with van der Waals surface area (Å²) in [6.45, 7) is 1.56. The van der Waals surface area contributed by atoms with Gasteiger partial charge in [-0.2, -0.15) is 0 Å². The van der Waals surface area contributed by atoms with E-state index in [0.29, 0.717) is 25.7 Å². The van der Waals surface area contributed by atoms with Crippen LogP contribution in [0.4, 0.5) is 0 Å². The topological polar surface area (TPSA) is 140 Å². The number of guanidine groups is 1. The average molecular weight is 257 g/mol. The summed E-state index contributed by atoms with van der Waals surface area (Å²) in [7, 11) is 0. The lowest BCUT2D eigenvalue weighted by Gasteiger charge is -2.12. The molecule has 2 amide bonds. The summed E-state index contributed by atoms with van der Waals surface area (Å²) in [5.74, 6) is -0.725. The van der Waals surface area contributed by atoms with E-state index in [1.165, 1.54) is 6.92 Å². The van der Waals surface area contributed by atoms with Crippen LogP contribution in [0.15, 0.2) is 4.99 Å². The predicted octanol–water partition coefficient (Wildman–Crippen LogP) is -2.14. The summed E-state index contributed by atoms with van der Waals surface area (Å²) in [6, 6.07) is -0.597. The van der Waals surface area contributed by atoms with Crippen LogP contribution in [0.1, 0.15) is 19.8 Å². The van der Waals surface area contributed by atoms with Gasteiger partial charge in [0.05, 0.1) is 12.6 Å². The SMILES string of the molecule is CC(=O)NCC(=O)NC(C=O)CCCN=C(N)N. The number of aliphatic imine (C=N–C) groups is 1. The molecule has 0 heterocycles. The van der Waals surface area contributed by atoms with E-state index in [0.717, 1.165) is 0 Å². The Morgan fingerprint density at radius 3 is 2.56 bits per heavy atom. The number of amides is 2. The maximum Gasteiger partial charge on any atom is 0.239 e. The largest absolute Gasteiger partial charge is 0.370 e. The Kier molecular flexibility index (Phi) is 7.91. The zero-order valence-corrected chi connectivity index (χ0v) is 10.3. The molecule has 0 aromatic carbocycles. The fourth-order valence-corrected chi connectivity index (χ4v) is 1.16. The van der Waals surface area contributed by atoms with Crippen LogP contribution in [0.3, 0.4) is 0 Å². The van der Waals surface area contributed by atoms with Gasteiger partial charge in [0, 0.05) is 13.5 Å². The zero-order valence-electron chi connectivity index (χ0n) is 10.3. The summed E-state index contributed by atoms with van der Waals surface area (Å²) in [4.78, 5) is 36.4. The van der Waals surface area contributed by atoms with E-state index in [1.54, 1.807) is 0 Å². The standard InChI is InChI=1S/C10H19N5O3/c1-7(17)14-5-9(18)15-8(6-16)3-2-4-13-10(11)12/h6,8H,2-5H2,1H3,(H,14,17)(H,15,18)(H4,11,12,13). The van der Waals surface area contributed by atoms with Gasteiger partial charge in [0.2, 0.25) is 11.8 Å². The number of nitrogens with one attached hydrogen (secondary N) is 2. The molecule has 0 rings (SSSR count). The summed E-state index contributed by atoms with van der Waals surface area (Å²) in [5.41, 5.74) is 10.3. The second-order valence-corrected chi connectivity index (χ2v) is 3.67. The van der Waals surface area contributed by atoms with Gasteiger partial charge in [-0.05, 0) is 12.8 Å². The van der Waals surface area contributed by atoms with Crippen LogP contribution in [0.5, 0.6) is 0 Å². The maximum atomic E-state index is 11.3. The van der Waals surface area contributed by atoms with Gasteiger partial charge in [0.15, 0.2) is 5.96 Å². The van der Waals surface area contributed by atoms with Crippen molar-refractivity contribution in [1.29, 1.82) is 0 Å². The van der Waals surface area contributed by atoms with Gasteiger partial charge in [-0.15, -0.1) is 0 Å². The third kappa shape index (κ3) is 9.13. The average Bonchev–Trinajstić information content (AvgIpc) is 2.30. The molecule has 8 heteroatoms. The van der Waals surface area contributed by atoms with E-state index in [4.69, 9.17) is 11.5 Å². The highest BCUT2D eigenvalue weighted by Gasteiger charge is 2.10. The summed E-state index contributed by atoms with van der Waals surface area (Å²) < 4.78 is 0. The van der Waals surface area contributed by atoms with Crippen LogP contribution >= 0.6 is 0 Å². The number of nitrogens with two attached hydrogens (primary N) is 2. The Bertz CT molecular complexity index is 325. The second kappa shape index (κ2) is 8.97. The first-order valence-electron chi connectivity index (χ1n) is 5.50. The van der Waals surface area contributed by atoms with E-state index >= 15 is 0 Å². The number of carbonyl (C=O) groups excluding carboxylic acids is 3. The smallest absolute Gasteiger partial charge is 0.239 e. The van der Waals surface area contributed by atoms with Gasteiger partial charge in [-0.1, -0.05) is 0 Å². The first kappa shape index (κ1) is 15.9. The van der Waals surface area contributed by atoms with Crippen molar-refractivity contribution in [1.82, 2.24) is 10.6 Å². The number of aldehydes is 1. The van der Waals surface area contributed by atoms with Crippen LogP contribution in [0.2, 0.25) is 0 Å². The van der Waals surface area contributed by atoms with Crippen LogP contribution in [-0.2, 0) is 14.4 Å². The molecule has 18 heavy (non-hydrogen) atoms. The molecule has 0 aliphatic rings. The minimum Gasteiger partial charge on any atom is -0.370 e. The van der Waals surface area contributed by atoms with Gasteiger partial charge in [0.25, 0.3) is 0 Å². The van der Waals surface area contributed by atoms with Crippen molar-refractivity contribution in [2.24, 2.45) is 16.5 Å². The van der Waals surface area contributed by atoms with Crippen molar-refractivity contribution in [2.75, 3.05) is 13.1 Å². The lowest BCUT2D eigenvalue weighted by molar-refractivity contribution is -0.126. The molecule has 1 unspecified atom stereocenters. The second-order valence-electron chi connectivity index (χ2n) is 3.67. The summed E-state index contributed by atoms with van der Waals surface area (Å²) >= 11 is 0. The van der Waals surface area contributed by atoms with Crippen molar-refractivity contribution >= 4 is 24.1 Å². The van der Waals surface area contributed by atoms with Gasteiger partial charge < -0.3 is 26.9 Å². The molecule has 0 fully saturated rings. The first-order chi connectivity index (χ1) is 8.45. The molecular weight excluding hydrogens is 238 g/mol. The highest BCUT2D eigenvalue weighted by molar-refractivity contribution is 5.85. The van der Waals surface area contributed by atoms with Crippen molar-refractivity contribution in [3.63, 3.8) is 0 Å². The lowest BCUT2D eigenvalue weighted by Crippen LogP contribution is -2.42. The summed E-state index contributed by atoms with van der Waals surface area (Å²) in [6.07, 6.45) is 1.65. The van der Waals surface area contributed by atoms with E-state index in [2.05, 4.69) is 15.6 Å². The quantitative estimate of drug-likeness (QED) is 0.170. The molecule has 0 saturated heterocycles. The number of hydrogen-bond donors (Lipinski definition) is 4. The molecule has 0 aliphatic carbocycles. The third-order valence-electron chi connectivity index (χ3n) is 1.98. The van der Waals surface area contributed by atoms with Crippen molar-refractivity contribution in [3.8, 4) is 0 Å². The van der Waals surface area contributed by atoms with E-state index < -0.39 is 11.9 Å². The number of nitrogens with zero attached hydrogens (tertiary/aromatic N) is 1. The molecule has 0 radical (unpaired) electrons. The lowest BCUT2D eigenvalue weighted by atomic mass is 10.2. The Balaban J connectivity index is 3.88. The van der Waals surface area contributed by atoms with Crippen LogP contribution in [0.25, 0.3) is 0 Å². The number of carbonyl (C=O) groups is 3. The van der Waals surface area contributed by atoms with Gasteiger partial charge in [0.1, 0.15) is 6.29 Å². The fraction of sp³-hybridized carbons (Fsp3) is 0.600. The first-order valence-corrected chi connectivity index (χ1v) is 5.50. The Hall–Kier alpha value is -2.12. The molecule has 1 atom stereocenters. The van der Waals surface area contributed by atoms with Crippen molar-refractivity contribution in [3.05, 3.63) is 0 Å². The molecule has 0 aromatic rings. The van der Waals surface area contributed by atoms with Crippen LogP contribution in [0, 0.1) is 0 Å². The molecule has 6 N–H and O–H groups in total. The highest BCUT2D eigenvalue weighted by Crippen LogP contribution is 1.95. The van der Waals surface area contributed by atoms with E-state index in [-0.39, 0.29) is 18.4 Å². The molecule has 0 bridgehead atoms. The van der Waals surface area contributed by atoms with Crippen molar-refractivity contribution < 1.29 is 14.4 Å². The van der Waals surface area contributed by atoms with Crippen LogP contribution < -0.4 is 22.1 Å².